The quantitative estimate of drug-likeness (QED) is 0.517. The minimum Gasteiger partial charge on any atom is -0.265 e. The highest BCUT2D eigenvalue weighted by molar-refractivity contribution is 8.00. The van der Waals surface area contributed by atoms with E-state index in [1.54, 1.807) is 7.05 Å². The van der Waals surface area contributed by atoms with Crippen molar-refractivity contribution in [3.8, 4) is 0 Å². The van der Waals surface area contributed by atoms with Crippen LogP contribution in [-0.2, 0) is 13.6 Å². The van der Waals surface area contributed by atoms with Crippen LogP contribution in [0.15, 0.2) is 50.8 Å². The van der Waals surface area contributed by atoms with Gasteiger partial charge in [-0.15, -0.1) is 5.10 Å². The number of hydrogen-bond acceptors (Lipinski definition) is 7. The van der Waals surface area contributed by atoms with E-state index in [4.69, 9.17) is 0 Å². The summed E-state index contributed by atoms with van der Waals surface area (Å²) >= 11 is 2.09. The molecule has 0 atom stereocenters. The summed E-state index contributed by atoms with van der Waals surface area (Å²) in [6, 6.07) is 9.53. The fourth-order valence-electron chi connectivity index (χ4n) is 1.92. The number of nitrogens with zero attached hydrogens (tertiary/aromatic N) is 5. The van der Waals surface area contributed by atoms with E-state index in [0.29, 0.717) is 16.0 Å². The van der Waals surface area contributed by atoms with Crippen molar-refractivity contribution in [1.82, 2.24) is 19.3 Å². The summed E-state index contributed by atoms with van der Waals surface area (Å²) in [6.45, 7) is 0.378. The molecular formula is C13H11N5O3S2. The molecule has 0 aliphatic rings. The lowest BCUT2D eigenvalue weighted by molar-refractivity contribution is -0.380. The van der Waals surface area contributed by atoms with Crippen molar-refractivity contribution in [2.24, 2.45) is 7.05 Å². The Labute approximate surface area is 138 Å². The van der Waals surface area contributed by atoms with Gasteiger partial charge in [0, 0.05) is 7.05 Å². The van der Waals surface area contributed by atoms with Crippen LogP contribution in [0, 0.1) is 10.1 Å². The maximum atomic E-state index is 12.2. The minimum atomic E-state index is -0.489. The predicted molar refractivity (Wildman–Crippen MR) is 85.9 cm³/mol. The number of nitro groups is 1. The molecule has 0 bridgehead atoms. The maximum absolute atomic E-state index is 12.2. The Balaban J connectivity index is 1.91. The summed E-state index contributed by atoms with van der Waals surface area (Å²) in [5.74, 6) is 0. The zero-order chi connectivity index (χ0) is 16.4. The zero-order valence-corrected chi connectivity index (χ0v) is 13.6. The van der Waals surface area contributed by atoms with Crippen molar-refractivity contribution >= 4 is 28.1 Å². The van der Waals surface area contributed by atoms with E-state index in [0.717, 1.165) is 28.7 Å². The summed E-state index contributed by atoms with van der Waals surface area (Å²) < 4.78 is 3.23. The lowest BCUT2D eigenvalue weighted by Gasteiger charge is -2.03. The monoisotopic (exact) mass is 349 g/mol. The number of aryl methyl sites for hydroxylation is 1. The summed E-state index contributed by atoms with van der Waals surface area (Å²) in [5.41, 5.74) is 0.719. The van der Waals surface area contributed by atoms with Gasteiger partial charge in [-0.2, -0.15) is 0 Å². The molecule has 0 N–H and O–H groups in total. The Morgan fingerprint density at radius 3 is 2.74 bits per heavy atom. The number of hydrogen-bond donors (Lipinski definition) is 0. The second-order valence-electron chi connectivity index (χ2n) is 4.58. The minimum absolute atomic E-state index is 0.0413. The molecule has 0 unspecified atom stereocenters. The second kappa shape index (κ2) is 6.34. The molecule has 0 aliphatic carbocycles. The smallest absolute Gasteiger partial charge is 0.265 e. The lowest BCUT2D eigenvalue weighted by Crippen LogP contribution is -2.23. The second-order valence-corrected chi connectivity index (χ2v) is 6.81. The highest BCUT2D eigenvalue weighted by Gasteiger charge is 2.17. The molecule has 0 saturated carbocycles. The first-order valence-electron chi connectivity index (χ1n) is 6.50. The van der Waals surface area contributed by atoms with Crippen LogP contribution >= 0.6 is 23.1 Å². The van der Waals surface area contributed by atoms with Crippen LogP contribution in [0.25, 0.3) is 0 Å². The van der Waals surface area contributed by atoms with Crippen LogP contribution in [0.1, 0.15) is 5.56 Å². The molecule has 8 nitrogen and oxygen atoms in total. The highest BCUT2D eigenvalue weighted by Crippen LogP contribution is 2.32. The van der Waals surface area contributed by atoms with E-state index in [1.807, 2.05) is 30.3 Å². The molecular weight excluding hydrogens is 338 g/mol. The van der Waals surface area contributed by atoms with Crippen molar-refractivity contribution in [2.75, 3.05) is 0 Å². The fraction of sp³-hybridized carbons (Fsp3) is 0.154. The third-order valence-electron chi connectivity index (χ3n) is 2.99. The molecule has 2 heterocycles. The van der Waals surface area contributed by atoms with Gasteiger partial charge in [0.25, 0.3) is 0 Å². The van der Waals surface area contributed by atoms with Gasteiger partial charge in [-0.1, -0.05) is 30.3 Å². The molecule has 0 aliphatic heterocycles. The molecule has 2 aromatic heterocycles. The average molecular weight is 349 g/mol. The molecule has 3 rings (SSSR count). The molecule has 23 heavy (non-hydrogen) atoms. The van der Waals surface area contributed by atoms with Crippen LogP contribution < -0.4 is 5.69 Å². The molecule has 3 aromatic rings. The molecule has 0 radical (unpaired) electrons. The van der Waals surface area contributed by atoms with Gasteiger partial charge in [0.15, 0.2) is 9.50 Å². The van der Waals surface area contributed by atoms with Crippen molar-refractivity contribution in [1.29, 1.82) is 0 Å². The number of aromatic nitrogens is 4. The molecule has 118 valence electrons. The van der Waals surface area contributed by atoms with E-state index >= 15 is 0 Å². The summed E-state index contributed by atoms with van der Waals surface area (Å²) in [7, 11) is 1.57. The number of rotatable bonds is 5. The standard InChI is InChI=1S/C13H11N5O3S2/c1-16-13(19)17(8-9-5-3-2-4-6-9)11(15-16)23-12-14-7-10(22-12)18(20)21/h2-7H,8H2,1H3. The number of thiazole rings is 1. The fourth-order valence-corrected chi connectivity index (χ4v) is 3.71. The van der Waals surface area contributed by atoms with Gasteiger partial charge in [0.1, 0.15) is 6.20 Å². The average Bonchev–Trinajstić information content (AvgIpc) is 3.10. The number of benzene rings is 1. The zero-order valence-electron chi connectivity index (χ0n) is 11.9. The van der Waals surface area contributed by atoms with E-state index in [2.05, 4.69) is 10.1 Å². The Bertz CT molecular complexity index is 900. The van der Waals surface area contributed by atoms with E-state index in [1.165, 1.54) is 15.4 Å². The van der Waals surface area contributed by atoms with E-state index in [9.17, 15) is 14.9 Å². The van der Waals surface area contributed by atoms with Crippen molar-refractivity contribution in [2.45, 2.75) is 16.0 Å². The van der Waals surface area contributed by atoms with Gasteiger partial charge < -0.3 is 0 Å². The summed E-state index contributed by atoms with van der Waals surface area (Å²) in [4.78, 5) is 26.5. The molecule has 0 fully saturated rings. The van der Waals surface area contributed by atoms with Gasteiger partial charge in [-0.25, -0.2) is 14.5 Å². The van der Waals surface area contributed by atoms with E-state index in [-0.39, 0.29) is 10.7 Å². The largest absolute Gasteiger partial charge is 0.346 e. The predicted octanol–water partition coefficient (Wildman–Crippen LogP) is 2.15. The summed E-state index contributed by atoms with van der Waals surface area (Å²) in [6.07, 6.45) is 1.20. The maximum Gasteiger partial charge on any atom is 0.346 e. The van der Waals surface area contributed by atoms with Crippen LogP contribution in [0.2, 0.25) is 0 Å². The van der Waals surface area contributed by atoms with Crippen molar-refractivity contribution < 1.29 is 4.92 Å². The van der Waals surface area contributed by atoms with E-state index < -0.39 is 4.92 Å². The van der Waals surface area contributed by atoms with Gasteiger partial charge in [-0.3, -0.25) is 14.7 Å². The first-order valence-corrected chi connectivity index (χ1v) is 8.13. The van der Waals surface area contributed by atoms with Crippen LogP contribution in [0.4, 0.5) is 5.00 Å². The van der Waals surface area contributed by atoms with Crippen molar-refractivity contribution in [3.05, 3.63) is 62.7 Å². The molecule has 0 spiro atoms. The third-order valence-corrected chi connectivity index (χ3v) is 5.00. The van der Waals surface area contributed by atoms with Gasteiger partial charge in [-0.05, 0) is 28.7 Å². The lowest BCUT2D eigenvalue weighted by atomic mass is 10.2. The molecule has 1 aromatic carbocycles. The normalized spacial score (nSPS) is 10.8. The Morgan fingerprint density at radius 2 is 2.09 bits per heavy atom. The van der Waals surface area contributed by atoms with Crippen LogP contribution in [0.5, 0.6) is 0 Å². The van der Waals surface area contributed by atoms with Crippen LogP contribution in [0.3, 0.4) is 0 Å². The van der Waals surface area contributed by atoms with Crippen molar-refractivity contribution in [3.63, 3.8) is 0 Å². The molecule has 10 heteroatoms. The first kappa shape index (κ1) is 15.4. The topological polar surface area (TPSA) is 95.8 Å². The Hall–Kier alpha value is -2.46. The Morgan fingerprint density at radius 1 is 1.35 bits per heavy atom. The first-order chi connectivity index (χ1) is 11.0. The third kappa shape index (κ3) is 3.32. The van der Waals surface area contributed by atoms with Crippen LogP contribution in [-0.4, -0.2) is 24.3 Å². The van der Waals surface area contributed by atoms with Gasteiger partial charge >= 0.3 is 10.7 Å². The molecule has 0 saturated heterocycles. The Kier molecular flexibility index (Phi) is 4.26. The van der Waals surface area contributed by atoms with Gasteiger partial charge in [0.05, 0.1) is 11.5 Å². The molecule has 0 amide bonds. The highest BCUT2D eigenvalue weighted by atomic mass is 32.2. The van der Waals surface area contributed by atoms with Gasteiger partial charge in [0.2, 0.25) is 0 Å². The SMILES string of the molecule is Cn1nc(Sc2ncc([N+](=O)[O-])s2)n(Cc2ccccc2)c1=O. The summed E-state index contributed by atoms with van der Waals surface area (Å²) in [5, 5.41) is 15.3.